The van der Waals surface area contributed by atoms with Crippen molar-refractivity contribution >= 4 is 11.8 Å². The predicted molar refractivity (Wildman–Crippen MR) is 221 cm³/mol. The maximum Gasteiger partial charge on any atom is 0.219 e. The smallest absolute Gasteiger partial charge is 0.219 e. The highest BCUT2D eigenvalue weighted by Gasteiger charge is 2.50. The van der Waals surface area contributed by atoms with Gasteiger partial charge in [-0.3, -0.25) is 5.41 Å². The topological polar surface area (TPSA) is 106 Å². The van der Waals surface area contributed by atoms with E-state index in [-0.39, 0.29) is 51.2 Å². The van der Waals surface area contributed by atoms with Crippen molar-refractivity contribution in [2.75, 3.05) is 41.5 Å². The van der Waals surface area contributed by atoms with E-state index in [0.717, 1.165) is 64.5 Å². The van der Waals surface area contributed by atoms with Crippen LogP contribution in [0.4, 0.5) is 0 Å². The second-order valence-electron chi connectivity index (χ2n) is 20.5. The van der Waals surface area contributed by atoms with Gasteiger partial charge in [0.05, 0.1) is 21.3 Å². The number of amidine groups is 1. The summed E-state index contributed by atoms with van der Waals surface area (Å²) in [5.74, 6) is 1.32. The largest absolute Gasteiger partial charge is 0.387 e. The number of nitrogens with one attached hydrogen (secondary N) is 1. The van der Waals surface area contributed by atoms with Gasteiger partial charge < -0.3 is 30.0 Å². The van der Waals surface area contributed by atoms with E-state index in [1.54, 1.807) is 14.2 Å². The predicted octanol–water partition coefficient (Wildman–Crippen LogP) is 8.10. The molecule has 3 aliphatic rings. The number of nitrogens with zero attached hydrogens (tertiary/aromatic N) is 6. The molecule has 0 amide bonds. The van der Waals surface area contributed by atoms with Crippen LogP contribution in [-0.4, -0.2) is 124 Å². The van der Waals surface area contributed by atoms with Crippen LogP contribution in [0.15, 0.2) is 4.99 Å². The molecule has 310 valence electrons. The summed E-state index contributed by atoms with van der Waals surface area (Å²) in [6.45, 7) is 31.8. The molecule has 1 atom stereocenters. The second-order valence-corrected chi connectivity index (χ2v) is 20.5. The van der Waals surface area contributed by atoms with Crippen LogP contribution in [0.25, 0.3) is 0 Å². The fraction of sp³-hybridized carbons (Fsp3) is 0.952. The second kappa shape index (κ2) is 17.4. The van der Waals surface area contributed by atoms with Crippen molar-refractivity contribution in [1.82, 2.24) is 25.0 Å². The Balaban J connectivity index is 1.72. The number of aliphatic imine (C=N–C) groups is 1. The first kappa shape index (κ1) is 46.0. The van der Waals surface area contributed by atoms with Gasteiger partial charge in [0.2, 0.25) is 5.96 Å². The molecule has 0 radical (unpaired) electrons. The van der Waals surface area contributed by atoms with Gasteiger partial charge in [0.1, 0.15) is 5.84 Å². The van der Waals surface area contributed by atoms with Gasteiger partial charge in [-0.15, -0.1) is 0 Å². The van der Waals surface area contributed by atoms with Crippen molar-refractivity contribution in [2.45, 2.75) is 206 Å². The Bertz CT molecular complexity index is 1180. The van der Waals surface area contributed by atoms with E-state index in [4.69, 9.17) is 25.2 Å². The zero-order valence-electron chi connectivity index (χ0n) is 37.5. The molecule has 3 heterocycles. The fourth-order valence-electron chi connectivity index (χ4n) is 11.8. The molecule has 0 bridgehead atoms. The van der Waals surface area contributed by atoms with Crippen LogP contribution >= 0.6 is 0 Å². The summed E-state index contributed by atoms with van der Waals surface area (Å²) in [6.07, 6.45) is 11.6. The lowest BCUT2D eigenvalue weighted by molar-refractivity contribution is -0.273. The van der Waals surface area contributed by atoms with Gasteiger partial charge >= 0.3 is 0 Å². The minimum atomic E-state index is -0.178. The van der Waals surface area contributed by atoms with E-state index in [2.05, 4.69) is 110 Å². The molecule has 3 fully saturated rings. The van der Waals surface area contributed by atoms with E-state index in [1.165, 1.54) is 19.3 Å². The number of hydroxylamine groups is 6. The van der Waals surface area contributed by atoms with E-state index in [9.17, 15) is 5.41 Å². The van der Waals surface area contributed by atoms with Crippen molar-refractivity contribution in [3.63, 3.8) is 0 Å². The number of nitrogens with two attached hydrogens (primary N) is 1. The third-order valence-corrected chi connectivity index (χ3v) is 13.0. The van der Waals surface area contributed by atoms with Gasteiger partial charge in [-0.05, 0) is 153 Å². The SMILES string of the molecule is CCN(CCCCCCC(C(N)=NC(=N)N(C)C1CC(C)(C)N(OC)C(C)(C)C1)C1CC(C)(C)N(OC)C(C)(C)C1)C1CC(C)(C)N(OC)C(C)(C)C1. The van der Waals surface area contributed by atoms with Crippen LogP contribution in [0, 0.1) is 17.2 Å². The van der Waals surface area contributed by atoms with E-state index in [1.807, 2.05) is 19.1 Å². The number of hydrogen-bond acceptors (Lipinski definition) is 8. The van der Waals surface area contributed by atoms with Crippen LogP contribution in [0.3, 0.4) is 0 Å². The first-order chi connectivity index (χ1) is 24.3. The summed E-state index contributed by atoms with van der Waals surface area (Å²) in [6, 6.07) is 0.712. The van der Waals surface area contributed by atoms with Gasteiger partial charge in [-0.1, -0.05) is 26.2 Å². The summed E-state index contributed by atoms with van der Waals surface area (Å²) in [5.41, 5.74) is 6.38. The third kappa shape index (κ3) is 10.7. The molecule has 3 rings (SSSR count). The van der Waals surface area contributed by atoms with Gasteiger partial charge in [-0.2, -0.15) is 15.2 Å². The lowest BCUT2D eigenvalue weighted by Crippen LogP contribution is -2.63. The van der Waals surface area contributed by atoms with Gasteiger partial charge in [0.15, 0.2) is 0 Å². The summed E-state index contributed by atoms with van der Waals surface area (Å²) in [5, 5.41) is 15.7. The molecule has 0 aromatic rings. The number of hydrogen-bond donors (Lipinski definition) is 2. The number of guanidine groups is 1. The van der Waals surface area contributed by atoms with Gasteiger partial charge in [0, 0.05) is 58.3 Å². The summed E-state index contributed by atoms with van der Waals surface area (Å²) >= 11 is 0. The normalized spacial score (nSPS) is 26.2. The molecular formula is C42H84N8O3. The van der Waals surface area contributed by atoms with Gasteiger partial charge in [0.25, 0.3) is 0 Å². The fourth-order valence-corrected chi connectivity index (χ4v) is 11.8. The Morgan fingerprint density at radius 1 is 0.660 bits per heavy atom. The lowest BCUT2D eigenvalue weighted by atomic mass is 9.69. The van der Waals surface area contributed by atoms with Gasteiger partial charge in [-0.25, -0.2) is 4.99 Å². The van der Waals surface area contributed by atoms with Crippen molar-refractivity contribution in [3.05, 3.63) is 0 Å². The maximum atomic E-state index is 9.19. The van der Waals surface area contributed by atoms with Crippen molar-refractivity contribution in [3.8, 4) is 0 Å². The quantitative estimate of drug-likeness (QED) is 0.0977. The first-order valence-corrected chi connectivity index (χ1v) is 20.7. The molecule has 0 aromatic carbocycles. The zero-order valence-corrected chi connectivity index (χ0v) is 37.5. The minimum Gasteiger partial charge on any atom is -0.387 e. The average Bonchev–Trinajstić information content (AvgIpc) is 2.98. The van der Waals surface area contributed by atoms with Crippen molar-refractivity contribution < 1.29 is 14.5 Å². The first-order valence-electron chi connectivity index (χ1n) is 20.7. The molecule has 0 aromatic heterocycles. The Morgan fingerprint density at radius 2 is 1.04 bits per heavy atom. The molecule has 3 aliphatic heterocycles. The molecule has 0 saturated carbocycles. The molecule has 1 unspecified atom stereocenters. The Kier molecular flexibility index (Phi) is 15.1. The number of piperidine rings is 3. The Morgan fingerprint density at radius 3 is 1.43 bits per heavy atom. The van der Waals surface area contributed by atoms with E-state index in [0.29, 0.717) is 17.8 Å². The Labute approximate surface area is 326 Å². The highest BCUT2D eigenvalue weighted by molar-refractivity contribution is 5.95. The maximum absolute atomic E-state index is 9.19. The molecular weight excluding hydrogens is 665 g/mol. The molecule has 53 heavy (non-hydrogen) atoms. The zero-order chi connectivity index (χ0) is 40.4. The summed E-state index contributed by atoms with van der Waals surface area (Å²) < 4.78 is 0. The third-order valence-electron chi connectivity index (χ3n) is 13.0. The lowest BCUT2D eigenvalue weighted by Gasteiger charge is -2.55. The molecule has 11 nitrogen and oxygen atoms in total. The summed E-state index contributed by atoms with van der Waals surface area (Å²) in [4.78, 5) is 27.4. The molecule has 11 heteroatoms. The standard InChI is InChI=1S/C42H84N8O3/c1-18-47(33-29-41(10,11)50(53-17)42(12,13)30-33)24-22-20-19-21-23-34(31-25-37(2,3)48(51-15)38(4,5)26-31)35(43)45-36(44)46(14)32-27-39(6,7)49(52-16)40(8,9)28-32/h31-34H,18-30H2,1-17H3,(H3,43,44,45). The van der Waals surface area contributed by atoms with Crippen LogP contribution in [0.5, 0.6) is 0 Å². The summed E-state index contributed by atoms with van der Waals surface area (Å²) in [7, 11) is 7.37. The van der Waals surface area contributed by atoms with Crippen LogP contribution < -0.4 is 5.73 Å². The monoisotopic (exact) mass is 749 g/mol. The molecule has 3 N–H and O–H groups in total. The van der Waals surface area contributed by atoms with E-state index < -0.39 is 0 Å². The van der Waals surface area contributed by atoms with Crippen molar-refractivity contribution in [1.29, 1.82) is 5.41 Å². The highest BCUT2D eigenvalue weighted by Crippen LogP contribution is 2.46. The van der Waals surface area contributed by atoms with Crippen molar-refractivity contribution in [2.24, 2.45) is 22.6 Å². The van der Waals surface area contributed by atoms with Crippen LogP contribution in [0.1, 0.15) is 161 Å². The van der Waals surface area contributed by atoms with E-state index >= 15 is 0 Å². The van der Waals surface area contributed by atoms with Crippen LogP contribution in [0.2, 0.25) is 0 Å². The molecule has 0 spiro atoms. The molecule has 3 saturated heterocycles. The number of unbranched alkanes of at least 4 members (excludes halogenated alkanes) is 3. The minimum absolute atomic E-state index is 0.00638. The average molecular weight is 749 g/mol. The Hall–Kier alpha value is -1.34. The number of rotatable bonds is 15. The van der Waals surface area contributed by atoms with Crippen LogP contribution in [-0.2, 0) is 14.5 Å². The highest BCUT2D eigenvalue weighted by atomic mass is 16.7. The molecule has 0 aliphatic carbocycles.